The van der Waals surface area contributed by atoms with Gasteiger partial charge in [-0.25, -0.2) is 4.98 Å². The van der Waals surface area contributed by atoms with Crippen LogP contribution in [-0.2, 0) is 4.79 Å². The molecule has 0 fully saturated rings. The van der Waals surface area contributed by atoms with Gasteiger partial charge in [-0.05, 0) is 43.3 Å². The Labute approximate surface area is 152 Å². The molecular weight excluding hydrogens is 390 g/mol. The van der Waals surface area contributed by atoms with Crippen LogP contribution >= 0.6 is 27.7 Å². The number of imidazole rings is 1. The zero-order valence-electron chi connectivity index (χ0n) is 13.0. The van der Waals surface area contributed by atoms with Crippen molar-refractivity contribution < 1.29 is 9.53 Å². The number of fused-ring (bicyclic) bond motifs is 1. The predicted octanol–water partition coefficient (Wildman–Crippen LogP) is 4.45. The second kappa shape index (κ2) is 7.72. The van der Waals surface area contributed by atoms with Gasteiger partial charge in [-0.2, -0.15) is 0 Å². The third-order valence-electron chi connectivity index (χ3n) is 3.21. The zero-order valence-corrected chi connectivity index (χ0v) is 15.4. The number of nitrogens with one attached hydrogen (secondary N) is 2. The number of hydrogen-bond donors (Lipinski definition) is 2. The van der Waals surface area contributed by atoms with E-state index in [4.69, 9.17) is 4.74 Å². The molecule has 24 heavy (non-hydrogen) atoms. The lowest BCUT2D eigenvalue weighted by atomic mass is 10.3. The van der Waals surface area contributed by atoms with Crippen molar-refractivity contribution in [3.63, 3.8) is 0 Å². The molecule has 0 saturated carbocycles. The Balaban J connectivity index is 1.60. The van der Waals surface area contributed by atoms with Gasteiger partial charge in [0.15, 0.2) is 5.16 Å². The Morgan fingerprint density at radius 2 is 2.08 bits per heavy atom. The van der Waals surface area contributed by atoms with Crippen molar-refractivity contribution in [2.75, 3.05) is 17.7 Å². The van der Waals surface area contributed by atoms with Gasteiger partial charge in [0, 0.05) is 16.2 Å². The smallest absolute Gasteiger partial charge is 0.234 e. The van der Waals surface area contributed by atoms with E-state index >= 15 is 0 Å². The molecule has 1 heterocycles. The number of ether oxygens (including phenoxy) is 1. The average molecular weight is 406 g/mol. The van der Waals surface area contributed by atoms with Crippen LogP contribution in [-0.4, -0.2) is 28.2 Å². The van der Waals surface area contributed by atoms with Crippen molar-refractivity contribution in [1.29, 1.82) is 0 Å². The highest BCUT2D eigenvalue weighted by Crippen LogP contribution is 2.23. The van der Waals surface area contributed by atoms with E-state index in [1.807, 2.05) is 49.4 Å². The Hall–Kier alpha value is -1.99. The summed E-state index contributed by atoms with van der Waals surface area (Å²) in [6.45, 7) is 2.57. The molecule has 124 valence electrons. The molecule has 0 saturated heterocycles. The molecule has 0 bridgehead atoms. The summed E-state index contributed by atoms with van der Waals surface area (Å²) in [7, 11) is 0. The molecule has 2 N–H and O–H groups in total. The van der Waals surface area contributed by atoms with E-state index in [2.05, 4.69) is 31.2 Å². The fourth-order valence-corrected chi connectivity index (χ4v) is 3.10. The van der Waals surface area contributed by atoms with Gasteiger partial charge in [0.1, 0.15) is 5.75 Å². The fraction of sp³-hybridized carbons (Fsp3) is 0.176. The molecule has 0 aliphatic carbocycles. The van der Waals surface area contributed by atoms with E-state index in [-0.39, 0.29) is 11.7 Å². The first-order chi connectivity index (χ1) is 11.6. The maximum Gasteiger partial charge on any atom is 0.234 e. The highest BCUT2D eigenvalue weighted by molar-refractivity contribution is 9.10. The van der Waals surface area contributed by atoms with E-state index in [1.165, 1.54) is 11.8 Å². The van der Waals surface area contributed by atoms with Crippen molar-refractivity contribution in [1.82, 2.24) is 9.97 Å². The largest absolute Gasteiger partial charge is 0.494 e. The minimum absolute atomic E-state index is 0.0715. The van der Waals surface area contributed by atoms with E-state index < -0.39 is 0 Å². The number of hydrogen-bond acceptors (Lipinski definition) is 4. The molecule has 7 heteroatoms. The minimum Gasteiger partial charge on any atom is -0.494 e. The highest BCUT2D eigenvalue weighted by Gasteiger charge is 2.08. The molecule has 0 spiro atoms. The van der Waals surface area contributed by atoms with Gasteiger partial charge < -0.3 is 15.0 Å². The number of carbonyl (C=O) groups excluding carboxylic acids is 1. The van der Waals surface area contributed by atoms with Gasteiger partial charge in [0.05, 0.1) is 23.4 Å². The summed E-state index contributed by atoms with van der Waals surface area (Å²) < 4.78 is 6.45. The molecule has 1 amide bonds. The topological polar surface area (TPSA) is 67.0 Å². The van der Waals surface area contributed by atoms with Gasteiger partial charge in [0.25, 0.3) is 0 Å². The quantitative estimate of drug-likeness (QED) is 0.594. The standard InChI is InChI=1S/C17H16BrN3O2S/c1-2-23-13-7-8-14-15(9-13)21-17(20-14)24-10-16(22)19-12-5-3-11(18)4-6-12/h3-9H,2,10H2,1H3,(H,19,22)(H,20,21). The number of aromatic amines is 1. The van der Waals surface area contributed by atoms with Gasteiger partial charge >= 0.3 is 0 Å². The molecule has 0 aliphatic heterocycles. The first-order valence-electron chi connectivity index (χ1n) is 7.45. The van der Waals surface area contributed by atoms with Crippen molar-refractivity contribution in [3.05, 3.63) is 46.9 Å². The van der Waals surface area contributed by atoms with Crippen LogP contribution in [0.25, 0.3) is 11.0 Å². The summed E-state index contributed by atoms with van der Waals surface area (Å²) >= 11 is 4.73. The van der Waals surface area contributed by atoms with E-state index in [1.54, 1.807) is 0 Å². The van der Waals surface area contributed by atoms with Crippen LogP contribution in [0.15, 0.2) is 52.1 Å². The number of carbonyl (C=O) groups is 1. The first-order valence-corrected chi connectivity index (χ1v) is 9.22. The molecule has 2 aromatic carbocycles. The lowest BCUT2D eigenvalue weighted by Gasteiger charge is -2.04. The van der Waals surface area contributed by atoms with Crippen molar-refractivity contribution >= 4 is 50.3 Å². The monoisotopic (exact) mass is 405 g/mol. The number of H-pyrrole nitrogens is 1. The van der Waals surface area contributed by atoms with E-state index in [9.17, 15) is 4.79 Å². The van der Waals surface area contributed by atoms with E-state index in [0.717, 1.165) is 26.9 Å². The van der Waals surface area contributed by atoms with Crippen LogP contribution in [0.4, 0.5) is 5.69 Å². The number of nitrogens with zero attached hydrogens (tertiary/aromatic N) is 1. The van der Waals surface area contributed by atoms with Gasteiger partial charge in [-0.3, -0.25) is 4.79 Å². The SMILES string of the molecule is CCOc1ccc2nc(SCC(=O)Nc3ccc(Br)cc3)[nH]c2c1. The number of rotatable bonds is 6. The summed E-state index contributed by atoms with van der Waals surface area (Å²) in [5.74, 6) is 1.02. The first kappa shape index (κ1) is 16.9. The molecule has 1 aromatic heterocycles. The molecule has 3 rings (SSSR count). The number of anilines is 1. The molecule has 3 aromatic rings. The van der Waals surface area contributed by atoms with Crippen LogP contribution in [0.3, 0.4) is 0 Å². The summed E-state index contributed by atoms with van der Waals surface area (Å²) in [4.78, 5) is 19.7. The number of halogens is 1. The molecular formula is C17H16BrN3O2S. The maximum absolute atomic E-state index is 12.0. The summed E-state index contributed by atoms with van der Waals surface area (Å²) in [6.07, 6.45) is 0. The second-order valence-corrected chi connectivity index (χ2v) is 6.88. The van der Waals surface area contributed by atoms with Gasteiger partial charge in [-0.1, -0.05) is 27.7 Å². The predicted molar refractivity (Wildman–Crippen MR) is 101 cm³/mol. The molecule has 0 radical (unpaired) electrons. The maximum atomic E-state index is 12.0. The van der Waals surface area contributed by atoms with Crippen LogP contribution in [0.2, 0.25) is 0 Å². The normalized spacial score (nSPS) is 10.8. The van der Waals surface area contributed by atoms with Crippen molar-refractivity contribution in [2.45, 2.75) is 12.1 Å². The summed E-state index contributed by atoms with van der Waals surface area (Å²) in [6, 6.07) is 13.2. The Bertz CT molecular complexity index is 849. The molecule has 0 unspecified atom stereocenters. The summed E-state index contributed by atoms with van der Waals surface area (Å²) in [5, 5.41) is 3.57. The summed E-state index contributed by atoms with van der Waals surface area (Å²) in [5.41, 5.74) is 2.53. The molecule has 0 aliphatic rings. The van der Waals surface area contributed by atoms with Crippen LogP contribution in [0.1, 0.15) is 6.92 Å². The number of amides is 1. The van der Waals surface area contributed by atoms with Crippen LogP contribution in [0.5, 0.6) is 5.75 Å². The highest BCUT2D eigenvalue weighted by atomic mass is 79.9. The average Bonchev–Trinajstić information content (AvgIpc) is 2.98. The van der Waals surface area contributed by atoms with Crippen molar-refractivity contribution in [2.24, 2.45) is 0 Å². The van der Waals surface area contributed by atoms with Crippen LogP contribution < -0.4 is 10.1 Å². The minimum atomic E-state index is -0.0715. The number of thioether (sulfide) groups is 1. The van der Waals surface area contributed by atoms with E-state index in [0.29, 0.717) is 11.8 Å². The Morgan fingerprint density at radius 3 is 2.83 bits per heavy atom. The lowest BCUT2D eigenvalue weighted by molar-refractivity contribution is -0.113. The Morgan fingerprint density at radius 1 is 1.29 bits per heavy atom. The molecule has 0 atom stereocenters. The van der Waals surface area contributed by atoms with Crippen LogP contribution in [0, 0.1) is 0 Å². The lowest BCUT2D eigenvalue weighted by Crippen LogP contribution is -2.13. The third-order valence-corrected chi connectivity index (χ3v) is 4.61. The zero-order chi connectivity index (χ0) is 16.9. The fourth-order valence-electron chi connectivity index (χ4n) is 2.15. The number of aromatic nitrogens is 2. The van der Waals surface area contributed by atoms with Crippen molar-refractivity contribution in [3.8, 4) is 5.75 Å². The van der Waals surface area contributed by atoms with Gasteiger partial charge in [-0.15, -0.1) is 0 Å². The number of benzene rings is 2. The molecule has 5 nitrogen and oxygen atoms in total. The Kier molecular flexibility index (Phi) is 5.42. The second-order valence-electron chi connectivity index (χ2n) is 5.00. The third kappa shape index (κ3) is 4.30. The van der Waals surface area contributed by atoms with Gasteiger partial charge in [0.2, 0.25) is 5.91 Å².